The Labute approximate surface area is 68.7 Å². The first-order chi connectivity index (χ1) is 5.15. The van der Waals surface area contributed by atoms with E-state index in [2.05, 4.69) is 31.4 Å². The lowest BCUT2D eigenvalue weighted by molar-refractivity contribution is 0.242. The number of nitrogens with two attached hydrogens (primary N) is 1. The Morgan fingerprint density at radius 1 is 1.00 bits per heavy atom. The molecule has 0 aromatic carbocycles. The van der Waals surface area contributed by atoms with Gasteiger partial charge < -0.3 is 16.4 Å². The van der Waals surface area contributed by atoms with Crippen LogP contribution in [0.4, 0.5) is 0 Å². The highest BCUT2D eigenvalue weighted by atomic mass is 15.1. The summed E-state index contributed by atoms with van der Waals surface area (Å²) in [5.41, 5.74) is 5.60. The highest BCUT2D eigenvalue weighted by molar-refractivity contribution is 4.92. The third kappa shape index (κ3) is 1.92. The predicted molar refractivity (Wildman–Crippen MR) is 47.5 cm³/mol. The molecule has 0 aliphatic carbocycles. The molecule has 11 heavy (non-hydrogen) atoms. The standard InChI is InChI=1S/C8H19N3/c1-5-6(2)11-8(4-9)7(3)10-5/h5-8,10-11H,4,9H2,1-3H3/t5-,6+,7-,8+/m0/s1. The predicted octanol–water partition coefficient (Wildman–Crippen LogP) is -0.328. The van der Waals surface area contributed by atoms with E-state index in [9.17, 15) is 0 Å². The summed E-state index contributed by atoms with van der Waals surface area (Å²) >= 11 is 0. The summed E-state index contributed by atoms with van der Waals surface area (Å²) in [4.78, 5) is 0. The third-order valence-electron chi connectivity index (χ3n) is 2.61. The van der Waals surface area contributed by atoms with E-state index in [1.54, 1.807) is 0 Å². The van der Waals surface area contributed by atoms with Crippen molar-refractivity contribution in [1.82, 2.24) is 10.6 Å². The van der Waals surface area contributed by atoms with Gasteiger partial charge in [0.25, 0.3) is 0 Å². The number of rotatable bonds is 1. The average molecular weight is 157 g/mol. The molecular weight excluding hydrogens is 138 g/mol. The van der Waals surface area contributed by atoms with Crippen molar-refractivity contribution in [2.75, 3.05) is 6.54 Å². The van der Waals surface area contributed by atoms with E-state index < -0.39 is 0 Å². The van der Waals surface area contributed by atoms with Gasteiger partial charge in [-0.3, -0.25) is 0 Å². The lowest BCUT2D eigenvalue weighted by Gasteiger charge is -2.39. The van der Waals surface area contributed by atoms with E-state index in [0.717, 1.165) is 0 Å². The van der Waals surface area contributed by atoms with Crippen LogP contribution >= 0.6 is 0 Å². The van der Waals surface area contributed by atoms with Crippen molar-refractivity contribution in [3.8, 4) is 0 Å². The second-order valence-electron chi connectivity index (χ2n) is 3.54. The summed E-state index contributed by atoms with van der Waals surface area (Å²) in [5, 5.41) is 6.97. The average Bonchev–Trinajstić information content (AvgIpc) is 1.97. The van der Waals surface area contributed by atoms with Crippen LogP contribution in [0.25, 0.3) is 0 Å². The minimum absolute atomic E-state index is 0.432. The fourth-order valence-corrected chi connectivity index (χ4v) is 1.57. The Balaban J connectivity index is 2.48. The normalized spacial score (nSPS) is 45.8. The van der Waals surface area contributed by atoms with E-state index in [4.69, 9.17) is 5.73 Å². The number of hydrogen-bond donors (Lipinski definition) is 3. The summed E-state index contributed by atoms with van der Waals surface area (Å²) in [6.07, 6.45) is 0. The zero-order chi connectivity index (χ0) is 8.43. The molecule has 0 bridgehead atoms. The quantitative estimate of drug-likeness (QED) is 0.488. The van der Waals surface area contributed by atoms with Crippen molar-refractivity contribution in [1.29, 1.82) is 0 Å². The molecule has 66 valence electrons. The SMILES string of the molecule is C[C@@H]1N[C@@H](C)[C@@H](CN)N[C@@H]1C. The van der Waals surface area contributed by atoms with Crippen LogP contribution in [0.3, 0.4) is 0 Å². The van der Waals surface area contributed by atoms with E-state index in [-0.39, 0.29) is 0 Å². The van der Waals surface area contributed by atoms with Gasteiger partial charge in [-0.1, -0.05) is 0 Å². The van der Waals surface area contributed by atoms with Crippen molar-refractivity contribution < 1.29 is 0 Å². The first-order valence-electron chi connectivity index (χ1n) is 4.37. The van der Waals surface area contributed by atoms with Crippen molar-refractivity contribution >= 4 is 0 Å². The number of piperazine rings is 1. The maximum Gasteiger partial charge on any atom is 0.0344 e. The van der Waals surface area contributed by atoms with Gasteiger partial charge in [-0.15, -0.1) is 0 Å². The molecule has 1 heterocycles. The second-order valence-corrected chi connectivity index (χ2v) is 3.54. The molecular formula is C8H19N3. The Morgan fingerprint density at radius 2 is 1.55 bits per heavy atom. The molecule has 0 aromatic heterocycles. The molecule has 0 amide bonds. The molecule has 0 aromatic rings. The van der Waals surface area contributed by atoms with Gasteiger partial charge in [0.1, 0.15) is 0 Å². The maximum atomic E-state index is 5.60. The Hall–Kier alpha value is -0.120. The fraction of sp³-hybridized carbons (Fsp3) is 1.00. The zero-order valence-corrected chi connectivity index (χ0v) is 7.59. The van der Waals surface area contributed by atoms with Crippen LogP contribution in [0.15, 0.2) is 0 Å². The first-order valence-corrected chi connectivity index (χ1v) is 4.37. The molecule has 1 rings (SSSR count). The zero-order valence-electron chi connectivity index (χ0n) is 7.59. The van der Waals surface area contributed by atoms with Crippen LogP contribution in [-0.4, -0.2) is 30.7 Å². The minimum atomic E-state index is 0.432. The van der Waals surface area contributed by atoms with Crippen LogP contribution in [0.5, 0.6) is 0 Å². The van der Waals surface area contributed by atoms with Crippen LogP contribution in [-0.2, 0) is 0 Å². The van der Waals surface area contributed by atoms with Gasteiger partial charge in [-0.2, -0.15) is 0 Å². The van der Waals surface area contributed by atoms with E-state index in [1.165, 1.54) is 0 Å². The largest absolute Gasteiger partial charge is 0.329 e. The van der Waals surface area contributed by atoms with Gasteiger partial charge in [0.05, 0.1) is 0 Å². The van der Waals surface area contributed by atoms with E-state index in [1.807, 2.05) is 0 Å². The second kappa shape index (κ2) is 3.52. The summed E-state index contributed by atoms with van der Waals surface area (Å²) < 4.78 is 0. The Morgan fingerprint density at radius 3 is 2.09 bits per heavy atom. The molecule has 3 heteroatoms. The third-order valence-corrected chi connectivity index (χ3v) is 2.61. The summed E-state index contributed by atoms with van der Waals surface area (Å²) in [7, 11) is 0. The lowest BCUT2D eigenvalue weighted by atomic mass is 10.00. The molecule has 4 atom stereocenters. The monoisotopic (exact) mass is 157 g/mol. The molecule has 1 aliphatic heterocycles. The number of nitrogens with one attached hydrogen (secondary N) is 2. The van der Waals surface area contributed by atoms with Crippen molar-refractivity contribution in [3.63, 3.8) is 0 Å². The highest BCUT2D eigenvalue weighted by Crippen LogP contribution is 2.05. The Bertz CT molecular complexity index is 127. The molecule has 4 N–H and O–H groups in total. The van der Waals surface area contributed by atoms with Crippen LogP contribution in [0, 0.1) is 0 Å². The minimum Gasteiger partial charge on any atom is -0.329 e. The first kappa shape index (κ1) is 8.97. The van der Waals surface area contributed by atoms with Gasteiger partial charge in [0.15, 0.2) is 0 Å². The molecule has 0 radical (unpaired) electrons. The number of hydrogen-bond acceptors (Lipinski definition) is 3. The van der Waals surface area contributed by atoms with Crippen molar-refractivity contribution in [2.45, 2.75) is 44.9 Å². The molecule has 0 unspecified atom stereocenters. The van der Waals surface area contributed by atoms with Gasteiger partial charge >= 0.3 is 0 Å². The van der Waals surface area contributed by atoms with Crippen LogP contribution in [0.2, 0.25) is 0 Å². The summed E-state index contributed by atoms with van der Waals surface area (Å²) in [5.74, 6) is 0. The summed E-state index contributed by atoms with van der Waals surface area (Å²) in [6.45, 7) is 7.27. The van der Waals surface area contributed by atoms with E-state index in [0.29, 0.717) is 30.7 Å². The van der Waals surface area contributed by atoms with Gasteiger partial charge in [0, 0.05) is 30.7 Å². The highest BCUT2D eigenvalue weighted by Gasteiger charge is 2.27. The summed E-state index contributed by atoms with van der Waals surface area (Å²) in [6, 6.07) is 2.00. The van der Waals surface area contributed by atoms with Gasteiger partial charge in [-0.05, 0) is 20.8 Å². The maximum absolute atomic E-state index is 5.60. The van der Waals surface area contributed by atoms with Crippen LogP contribution < -0.4 is 16.4 Å². The van der Waals surface area contributed by atoms with E-state index >= 15 is 0 Å². The van der Waals surface area contributed by atoms with Crippen molar-refractivity contribution in [3.05, 3.63) is 0 Å². The lowest BCUT2D eigenvalue weighted by Crippen LogP contribution is -2.65. The smallest absolute Gasteiger partial charge is 0.0344 e. The van der Waals surface area contributed by atoms with Gasteiger partial charge in [-0.25, -0.2) is 0 Å². The van der Waals surface area contributed by atoms with Gasteiger partial charge in [0.2, 0.25) is 0 Å². The van der Waals surface area contributed by atoms with Crippen molar-refractivity contribution in [2.24, 2.45) is 5.73 Å². The topological polar surface area (TPSA) is 50.1 Å². The molecule has 0 saturated carbocycles. The molecule has 3 nitrogen and oxygen atoms in total. The Kier molecular flexibility index (Phi) is 2.87. The molecule has 1 saturated heterocycles. The molecule has 0 spiro atoms. The molecule has 1 fully saturated rings. The fourth-order valence-electron chi connectivity index (χ4n) is 1.57. The van der Waals surface area contributed by atoms with Crippen LogP contribution in [0.1, 0.15) is 20.8 Å². The molecule has 1 aliphatic rings.